The van der Waals surface area contributed by atoms with Crippen LogP contribution >= 0.6 is 23.3 Å². The number of thioether (sulfide) groups is 1. The topological polar surface area (TPSA) is 58.1 Å². The van der Waals surface area contributed by atoms with Crippen molar-refractivity contribution in [3.05, 3.63) is 24.3 Å². The Bertz CT molecular complexity index is 661. The minimum atomic E-state index is -0.925. The van der Waals surface area contributed by atoms with E-state index in [1.54, 1.807) is 11.8 Å². The number of amides is 2. The van der Waals surface area contributed by atoms with Crippen LogP contribution in [0.4, 0.5) is 14.3 Å². The van der Waals surface area contributed by atoms with Gasteiger partial charge in [-0.15, -0.1) is 11.8 Å². The third-order valence-electron chi connectivity index (χ3n) is 3.41. The number of urea groups is 1. The van der Waals surface area contributed by atoms with Crippen LogP contribution in [-0.2, 0) is 0 Å². The number of benzene rings is 1. The zero-order valence-corrected chi connectivity index (χ0v) is 13.6. The second-order valence-corrected chi connectivity index (χ2v) is 6.55. The Hall–Kier alpha value is -1.67. The SMILES string of the molecule is CSc1ccc(-c2nsc(NC(=O)N3CC[C@H](F)C3)n2)cc1. The third kappa shape index (κ3) is 3.38. The zero-order chi connectivity index (χ0) is 15.5. The summed E-state index contributed by atoms with van der Waals surface area (Å²) in [6, 6.07) is 7.59. The number of carbonyl (C=O) groups excluding carboxylic acids is 1. The van der Waals surface area contributed by atoms with Crippen LogP contribution in [0.15, 0.2) is 29.2 Å². The van der Waals surface area contributed by atoms with Gasteiger partial charge in [-0.1, -0.05) is 12.1 Å². The van der Waals surface area contributed by atoms with E-state index in [0.29, 0.717) is 23.9 Å². The lowest BCUT2D eigenvalue weighted by atomic mass is 10.2. The Morgan fingerprint density at radius 2 is 2.23 bits per heavy atom. The molecule has 1 aliphatic rings. The molecule has 8 heteroatoms. The molecule has 2 aromatic rings. The molecule has 5 nitrogen and oxygen atoms in total. The highest BCUT2D eigenvalue weighted by Gasteiger charge is 2.26. The summed E-state index contributed by atoms with van der Waals surface area (Å²) in [5, 5.41) is 3.11. The minimum Gasteiger partial charge on any atom is -0.321 e. The highest BCUT2D eigenvalue weighted by atomic mass is 32.2. The first kappa shape index (κ1) is 15.2. The maximum absolute atomic E-state index is 13.1. The maximum Gasteiger partial charge on any atom is 0.323 e. The number of hydrogen-bond acceptors (Lipinski definition) is 5. The minimum absolute atomic E-state index is 0.146. The van der Waals surface area contributed by atoms with Gasteiger partial charge in [0.2, 0.25) is 5.13 Å². The molecule has 3 rings (SSSR count). The highest BCUT2D eigenvalue weighted by molar-refractivity contribution is 7.98. The van der Waals surface area contributed by atoms with E-state index >= 15 is 0 Å². The lowest BCUT2D eigenvalue weighted by Gasteiger charge is -2.14. The number of likely N-dealkylation sites (tertiary alicyclic amines) is 1. The number of nitrogens with zero attached hydrogens (tertiary/aromatic N) is 3. The van der Waals surface area contributed by atoms with Gasteiger partial charge in [-0.25, -0.2) is 9.18 Å². The molecule has 0 bridgehead atoms. The molecular weight excluding hydrogens is 323 g/mol. The van der Waals surface area contributed by atoms with Gasteiger partial charge in [0.25, 0.3) is 0 Å². The second kappa shape index (κ2) is 6.62. The van der Waals surface area contributed by atoms with Gasteiger partial charge in [0.15, 0.2) is 5.82 Å². The van der Waals surface area contributed by atoms with Crippen LogP contribution in [0, 0.1) is 0 Å². The first-order valence-corrected chi connectivity index (χ1v) is 8.83. The Balaban J connectivity index is 1.66. The maximum atomic E-state index is 13.1. The quantitative estimate of drug-likeness (QED) is 0.870. The summed E-state index contributed by atoms with van der Waals surface area (Å²) in [6.07, 6.45) is 1.49. The van der Waals surface area contributed by atoms with E-state index in [9.17, 15) is 9.18 Å². The normalized spacial score (nSPS) is 17.7. The zero-order valence-electron chi connectivity index (χ0n) is 12.0. The molecule has 22 heavy (non-hydrogen) atoms. The van der Waals surface area contributed by atoms with Crippen LogP contribution in [-0.4, -0.2) is 45.8 Å². The van der Waals surface area contributed by atoms with Crippen molar-refractivity contribution in [1.82, 2.24) is 14.3 Å². The molecule has 0 unspecified atom stereocenters. The van der Waals surface area contributed by atoms with Crippen LogP contribution < -0.4 is 5.32 Å². The Labute approximate surface area is 136 Å². The first-order valence-electron chi connectivity index (χ1n) is 6.84. The fraction of sp³-hybridized carbons (Fsp3) is 0.357. The molecule has 1 aromatic carbocycles. The van der Waals surface area contributed by atoms with Gasteiger partial charge in [0.05, 0.1) is 6.54 Å². The fourth-order valence-electron chi connectivity index (χ4n) is 2.20. The molecule has 0 spiro atoms. The number of hydrogen-bond donors (Lipinski definition) is 1. The Morgan fingerprint density at radius 3 is 2.86 bits per heavy atom. The van der Waals surface area contributed by atoms with E-state index in [1.165, 1.54) is 9.80 Å². The molecule has 1 N–H and O–H groups in total. The first-order chi connectivity index (χ1) is 10.7. The molecule has 1 saturated heterocycles. The summed E-state index contributed by atoms with van der Waals surface area (Å²) in [5.74, 6) is 0.581. The molecule has 1 aromatic heterocycles. The monoisotopic (exact) mass is 338 g/mol. The van der Waals surface area contributed by atoms with Crippen LogP contribution in [0.3, 0.4) is 0 Å². The van der Waals surface area contributed by atoms with Crippen molar-refractivity contribution in [3.63, 3.8) is 0 Å². The largest absolute Gasteiger partial charge is 0.323 e. The summed E-state index contributed by atoms with van der Waals surface area (Å²) in [5.41, 5.74) is 0.902. The van der Waals surface area contributed by atoms with Crippen molar-refractivity contribution < 1.29 is 9.18 Å². The predicted molar refractivity (Wildman–Crippen MR) is 87.2 cm³/mol. The summed E-state index contributed by atoms with van der Waals surface area (Å²) < 4.78 is 17.4. The lowest BCUT2D eigenvalue weighted by molar-refractivity contribution is 0.218. The molecular formula is C14H15FN4OS2. The standard InChI is InChI=1S/C14H15FN4OS2/c1-21-11-4-2-9(3-5-11)12-16-13(22-18-12)17-14(20)19-7-6-10(15)8-19/h2-5,10H,6-8H2,1H3,(H,16,17,18,20)/t10-/m0/s1. The number of alkyl halides is 1. The van der Waals surface area contributed by atoms with Crippen LogP contribution in [0.25, 0.3) is 11.4 Å². The van der Waals surface area contributed by atoms with Gasteiger partial charge in [0, 0.05) is 28.5 Å². The van der Waals surface area contributed by atoms with Crippen molar-refractivity contribution in [1.29, 1.82) is 0 Å². The average molecular weight is 338 g/mol. The van der Waals surface area contributed by atoms with Crippen molar-refractivity contribution in [2.24, 2.45) is 0 Å². The molecule has 1 fully saturated rings. The number of rotatable bonds is 3. The number of nitrogens with one attached hydrogen (secondary N) is 1. The van der Waals surface area contributed by atoms with Gasteiger partial charge in [-0.05, 0) is 24.8 Å². The smallest absolute Gasteiger partial charge is 0.321 e. The van der Waals surface area contributed by atoms with Gasteiger partial charge in [0.1, 0.15) is 6.17 Å². The summed E-state index contributed by atoms with van der Waals surface area (Å²) >= 11 is 2.79. The fourth-order valence-corrected chi connectivity index (χ4v) is 3.19. The molecule has 1 aliphatic heterocycles. The van der Waals surface area contributed by atoms with E-state index in [-0.39, 0.29) is 12.6 Å². The number of anilines is 1. The van der Waals surface area contributed by atoms with Gasteiger partial charge >= 0.3 is 6.03 Å². The van der Waals surface area contributed by atoms with Gasteiger partial charge in [-0.3, -0.25) is 5.32 Å². The van der Waals surface area contributed by atoms with Crippen molar-refractivity contribution in [2.75, 3.05) is 24.7 Å². The van der Waals surface area contributed by atoms with Crippen LogP contribution in [0.1, 0.15) is 6.42 Å². The summed E-state index contributed by atoms with van der Waals surface area (Å²) in [7, 11) is 0. The molecule has 116 valence electrons. The third-order valence-corrected chi connectivity index (χ3v) is 4.78. The van der Waals surface area contributed by atoms with Crippen molar-refractivity contribution in [3.8, 4) is 11.4 Å². The Kier molecular flexibility index (Phi) is 4.58. The molecule has 1 atom stereocenters. The molecule has 0 radical (unpaired) electrons. The van der Waals surface area contributed by atoms with Crippen molar-refractivity contribution >= 4 is 34.5 Å². The van der Waals surface area contributed by atoms with Crippen LogP contribution in [0.5, 0.6) is 0 Å². The van der Waals surface area contributed by atoms with E-state index < -0.39 is 6.17 Å². The predicted octanol–water partition coefficient (Wildman–Crippen LogP) is 3.50. The second-order valence-electron chi connectivity index (χ2n) is 4.91. The lowest BCUT2D eigenvalue weighted by Crippen LogP contribution is -2.33. The van der Waals surface area contributed by atoms with E-state index in [2.05, 4.69) is 14.7 Å². The van der Waals surface area contributed by atoms with Gasteiger partial charge < -0.3 is 4.90 Å². The number of carbonyl (C=O) groups is 1. The highest BCUT2D eigenvalue weighted by Crippen LogP contribution is 2.24. The molecule has 0 saturated carbocycles. The van der Waals surface area contributed by atoms with E-state index in [4.69, 9.17) is 0 Å². The molecule has 2 amide bonds. The number of aromatic nitrogens is 2. The van der Waals surface area contributed by atoms with E-state index in [0.717, 1.165) is 17.1 Å². The number of halogens is 1. The van der Waals surface area contributed by atoms with E-state index in [1.807, 2.05) is 30.5 Å². The van der Waals surface area contributed by atoms with Gasteiger partial charge in [-0.2, -0.15) is 9.36 Å². The Morgan fingerprint density at radius 1 is 1.45 bits per heavy atom. The van der Waals surface area contributed by atoms with Crippen molar-refractivity contribution in [2.45, 2.75) is 17.5 Å². The molecule has 0 aliphatic carbocycles. The average Bonchev–Trinajstić information content (AvgIpc) is 3.16. The summed E-state index contributed by atoms with van der Waals surface area (Å²) in [6.45, 7) is 0.586. The summed E-state index contributed by atoms with van der Waals surface area (Å²) in [4.78, 5) is 18.9. The molecule has 2 heterocycles. The van der Waals surface area contributed by atoms with Crippen LogP contribution in [0.2, 0.25) is 0 Å².